The van der Waals surface area contributed by atoms with E-state index < -0.39 is 11.8 Å². The molecule has 124 valence electrons. The number of carboxylic acids is 1. The summed E-state index contributed by atoms with van der Waals surface area (Å²) in [7, 11) is 0. The zero-order valence-corrected chi connectivity index (χ0v) is 12.9. The van der Waals surface area contributed by atoms with Crippen LogP contribution in [0.25, 0.3) is 16.9 Å². The Morgan fingerprint density at radius 2 is 2.16 bits per heavy atom. The number of carbonyl (C=O) groups is 1. The molecule has 7 nitrogen and oxygen atoms in total. The van der Waals surface area contributed by atoms with Gasteiger partial charge in [-0.2, -0.15) is 5.26 Å². The van der Waals surface area contributed by atoms with E-state index in [0.717, 1.165) is 12.8 Å². The maximum atomic E-state index is 14.2. The van der Waals surface area contributed by atoms with Crippen molar-refractivity contribution >= 4 is 22.7 Å². The fourth-order valence-corrected chi connectivity index (χ4v) is 2.62. The predicted octanol–water partition coefficient (Wildman–Crippen LogP) is 2.70. The minimum absolute atomic E-state index is 0.0623. The van der Waals surface area contributed by atoms with Crippen LogP contribution < -0.4 is 5.32 Å². The summed E-state index contributed by atoms with van der Waals surface area (Å²) in [6, 6.07) is 5.17. The van der Waals surface area contributed by atoms with E-state index in [-0.39, 0.29) is 22.6 Å². The molecule has 2 N–H and O–H groups in total. The van der Waals surface area contributed by atoms with E-state index in [1.807, 2.05) is 6.07 Å². The summed E-state index contributed by atoms with van der Waals surface area (Å²) in [5.41, 5.74) is 1.07. The number of fused-ring (bicyclic) bond motifs is 1. The van der Waals surface area contributed by atoms with E-state index in [0.29, 0.717) is 17.2 Å². The fourth-order valence-electron chi connectivity index (χ4n) is 2.62. The molecule has 0 spiro atoms. The summed E-state index contributed by atoms with van der Waals surface area (Å²) >= 11 is 0. The van der Waals surface area contributed by atoms with E-state index in [9.17, 15) is 14.3 Å². The van der Waals surface area contributed by atoms with Crippen molar-refractivity contribution in [1.29, 1.82) is 5.26 Å². The largest absolute Gasteiger partial charge is 0.478 e. The lowest BCUT2D eigenvalue weighted by Gasteiger charge is -2.11. The topological polar surface area (TPSA) is 104 Å². The van der Waals surface area contributed by atoms with Crippen LogP contribution in [0.1, 0.15) is 28.8 Å². The summed E-state index contributed by atoms with van der Waals surface area (Å²) in [6.07, 6.45) is 5.79. The van der Waals surface area contributed by atoms with Crippen molar-refractivity contribution in [3.63, 3.8) is 0 Å². The van der Waals surface area contributed by atoms with Crippen LogP contribution in [-0.4, -0.2) is 31.7 Å². The van der Waals surface area contributed by atoms with Gasteiger partial charge in [-0.15, -0.1) is 0 Å². The molecular weight excluding hydrogens is 325 g/mol. The van der Waals surface area contributed by atoms with Crippen molar-refractivity contribution < 1.29 is 14.3 Å². The Labute approximate surface area is 141 Å². The summed E-state index contributed by atoms with van der Waals surface area (Å²) in [6.45, 7) is 0. The van der Waals surface area contributed by atoms with Crippen LogP contribution in [-0.2, 0) is 0 Å². The van der Waals surface area contributed by atoms with Crippen molar-refractivity contribution in [2.45, 2.75) is 18.9 Å². The summed E-state index contributed by atoms with van der Waals surface area (Å²) in [5.74, 6) is -1.26. The minimum Gasteiger partial charge on any atom is -0.478 e. The molecule has 0 radical (unpaired) electrons. The second-order valence-electron chi connectivity index (χ2n) is 5.87. The third kappa shape index (κ3) is 2.65. The first-order chi connectivity index (χ1) is 12.1. The number of pyridine rings is 2. The van der Waals surface area contributed by atoms with Crippen molar-refractivity contribution in [3.8, 4) is 11.9 Å². The highest BCUT2D eigenvalue weighted by molar-refractivity contribution is 5.94. The SMILES string of the molecule is N#Cc1cnc2c(c1)c(F)cn2-c1cc(NC2CC2)c(C(=O)O)cn1. The quantitative estimate of drug-likeness (QED) is 0.758. The Bertz CT molecular complexity index is 1050. The first-order valence-electron chi connectivity index (χ1n) is 7.64. The molecule has 3 heterocycles. The number of carboxylic acid groups (broad SMARTS) is 1. The molecule has 1 fully saturated rings. The van der Waals surface area contributed by atoms with Crippen LogP contribution in [0.4, 0.5) is 10.1 Å². The van der Waals surface area contributed by atoms with Gasteiger partial charge in [0.05, 0.1) is 16.6 Å². The Hall–Kier alpha value is -3.47. The lowest BCUT2D eigenvalue weighted by Crippen LogP contribution is -2.10. The van der Waals surface area contributed by atoms with Gasteiger partial charge in [0.25, 0.3) is 0 Å². The Morgan fingerprint density at radius 3 is 2.84 bits per heavy atom. The lowest BCUT2D eigenvalue weighted by atomic mass is 10.2. The second-order valence-corrected chi connectivity index (χ2v) is 5.87. The van der Waals surface area contributed by atoms with E-state index in [1.165, 1.54) is 29.2 Å². The van der Waals surface area contributed by atoms with E-state index >= 15 is 0 Å². The number of anilines is 1. The van der Waals surface area contributed by atoms with Gasteiger partial charge in [-0.3, -0.25) is 4.57 Å². The van der Waals surface area contributed by atoms with Gasteiger partial charge < -0.3 is 10.4 Å². The van der Waals surface area contributed by atoms with Gasteiger partial charge in [-0.1, -0.05) is 0 Å². The molecule has 25 heavy (non-hydrogen) atoms. The third-order valence-electron chi connectivity index (χ3n) is 4.03. The Kier molecular flexibility index (Phi) is 3.35. The number of nitrogens with one attached hydrogen (secondary N) is 1. The average molecular weight is 337 g/mol. The van der Waals surface area contributed by atoms with Gasteiger partial charge >= 0.3 is 5.97 Å². The standard InChI is InChI=1S/C17H12FN5O2/c18-13-8-23(16-11(13)3-9(5-19)6-21-16)15-4-14(22-10-1-2-10)12(7-20-15)17(24)25/h3-4,6-8,10H,1-2H2,(H,20,22)(H,24,25). The zero-order chi connectivity index (χ0) is 17.6. The van der Waals surface area contributed by atoms with Crippen LogP contribution in [0, 0.1) is 17.1 Å². The number of halogens is 1. The van der Waals surface area contributed by atoms with Crippen molar-refractivity contribution in [2.75, 3.05) is 5.32 Å². The molecule has 0 atom stereocenters. The normalized spacial score (nSPS) is 13.6. The molecule has 4 rings (SSSR count). The molecule has 1 aliphatic rings. The number of aromatic nitrogens is 3. The molecule has 1 aliphatic carbocycles. The minimum atomic E-state index is -1.08. The number of aromatic carboxylic acids is 1. The number of nitrogens with zero attached hydrogens (tertiary/aromatic N) is 4. The lowest BCUT2D eigenvalue weighted by molar-refractivity contribution is 0.0697. The Balaban J connectivity index is 1.85. The average Bonchev–Trinajstić information content (AvgIpc) is 3.36. The maximum absolute atomic E-state index is 14.2. The highest BCUT2D eigenvalue weighted by Crippen LogP contribution is 2.29. The number of rotatable bonds is 4. The van der Waals surface area contributed by atoms with Gasteiger partial charge in [0.2, 0.25) is 0 Å². The summed E-state index contributed by atoms with van der Waals surface area (Å²) in [4.78, 5) is 19.6. The molecule has 3 aromatic heterocycles. The van der Waals surface area contributed by atoms with Crippen LogP contribution in [0.15, 0.2) is 30.7 Å². The first kappa shape index (κ1) is 15.1. The first-order valence-corrected chi connectivity index (χ1v) is 7.64. The molecule has 3 aromatic rings. The molecule has 0 aliphatic heterocycles. The monoisotopic (exact) mass is 337 g/mol. The molecule has 1 saturated carbocycles. The zero-order valence-electron chi connectivity index (χ0n) is 12.9. The molecule has 0 unspecified atom stereocenters. The second kappa shape index (κ2) is 5.56. The highest BCUT2D eigenvalue weighted by atomic mass is 19.1. The van der Waals surface area contributed by atoms with Crippen LogP contribution >= 0.6 is 0 Å². The number of hydrogen-bond donors (Lipinski definition) is 2. The molecule has 8 heteroatoms. The Morgan fingerprint density at radius 1 is 1.36 bits per heavy atom. The van der Waals surface area contributed by atoms with E-state index in [4.69, 9.17) is 5.26 Å². The third-order valence-corrected chi connectivity index (χ3v) is 4.03. The van der Waals surface area contributed by atoms with E-state index in [1.54, 1.807) is 6.07 Å². The number of hydrogen-bond acceptors (Lipinski definition) is 5. The highest BCUT2D eigenvalue weighted by Gasteiger charge is 2.24. The molecule has 0 amide bonds. The van der Waals surface area contributed by atoms with Gasteiger partial charge in [0, 0.05) is 30.7 Å². The van der Waals surface area contributed by atoms with Crippen molar-refractivity contribution in [2.24, 2.45) is 0 Å². The fraction of sp³-hybridized carbons (Fsp3) is 0.176. The molecular formula is C17H12FN5O2. The van der Waals surface area contributed by atoms with Gasteiger partial charge in [0.1, 0.15) is 23.1 Å². The van der Waals surface area contributed by atoms with E-state index in [2.05, 4.69) is 15.3 Å². The van der Waals surface area contributed by atoms with Gasteiger partial charge in [0.15, 0.2) is 5.82 Å². The van der Waals surface area contributed by atoms with Crippen LogP contribution in [0.5, 0.6) is 0 Å². The summed E-state index contributed by atoms with van der Waals surface area (Å²) in [5, 5.41) is 21.6. The van der Waals surface area contributed by atoms with Crippen LogP contribution in [0.2, 0.25) is 0 Å². The van der Waals surface area contributed by atoms with Gasteiger partial charge in [-0.25, -0.2) is 19.2 Å². The molecule has 0 aromatic carbocycles. The van der Waals surface area contributed by atoms with Crippen molar-refractivity contribution in [1.82, 2.24) is 14.5 Å². The van der Waals surface area contributed by atoms with Gasteiger partial charge in [-0.05, 0) is 18.9 Å². The van der Waals surface area contributed by atoms with Crippen LogP contribution in [0.3, 0.4) is 0 Å². The molecule has 0 saturated heterocycles. The van der Waals surface area contributed by atoms with Crippen molar-refractivity contribution in [3.05, 3.63) is 47.7 Å². The smallest absolute Gasteiger partial charge is 0.339 e. The maximum Gasteiger partial charge on any atom is 0.339 e. The summed E-state index contributed by atoms with van der Waals surface area (Å²) < 4.78 is 15.7. The predicted molar refractivity (Wildman–Crippen MR) is 87.1 cm³/mol. The molecule has 0 bridgehead atoms. The number of nitriles is 1.